The Morgan fingerprint density at radius 3 is 2.15 bits per heavy atom. The normalized spacial score (nSPS) is 20.8. The van der Waals surface area contributed by atoms with Crippen LogP contribution < -0.4 is 0 Å². The van der Waals surface area contributed by atoms with Gasteiger partial charge in [0.25, 0.3) is 0 Å². The maximum Gasteiger partial charge on any atom is -0.0145 e. The molecule has 0 aliphatic heterocycles. The predicted molar refractivity (Wildman–Crippen MR) is 62.0 cm³/mol. The molecule has 1 rings (SSSR count). The number of rotatable bonds is 1. The zero-order valence-electron chi connectivity index (χ0n) is 10.3. The predicted octanol–water partition coefficient (Wildman–Crippen LogP) is 4.95. The van der Waals surface area contributed by atoms with Crippen molar-refractivity contribution in [3.05, 3.63) is 11.1 Å². The maximum absolute atomic E-state index is 2.37. The Balaban J connectivity index is 0.000000671. The van der Waals surface area contributed by atoms with Crippen LogP contribution in [0.4, 0.5) is 0 Å². The van der Waals surface area contributed by atoms with Gasteiger partial charge in [-0.25, -0.2) is 0 Å². The van der Waals surface area contributed by atoms with Crippen LogP contribution >= 0.6 is 0 Å². The molecule has 0 bridgehead atoms. The number of hydrogen-bond acceptors (Lipinski definition) is 0. The van der Waals surface area contributed by atoms with E-state index >= 15 is 0 Å². The quantitative estimate of drug-likeness (QED) is 0.503. The van der Waals surface area contributed by atoms with Crippen LogP contribution in [0.2, 0.25) is 0 Å². The van der Waals surface area contributed by atoms with E-state index in [1.807, 2.05) is 13.8 Å². The lowest BCUT2D eigenvalue weighted by molar-refractivity contribution is 0.364. The van der Waals surface area contributed by atoms with Gasteiger partial charge in [0.2, 0.25) is 0 Å². The minimum absolute atomic E-state index is 0.490. The minimum Gasteiger partial charge on any atom is -0.0710 e. The van der Waals surface area contributed by atoms with Crippen molar-refractivity contribution in [1.82, 2.24) is 0 Å². The van der Waals surface area contributed by atoms with Crippen molar-refractivity contribution < 1.29 is 0 Å². The zero-order chi connectivity index (χ0) is 10.5. The molecule has 0 aromatic carbocycles. The highest BCUT2D eigenvalue weighted by Crippen LogP contribution is 2.40. The Morgan fingerprint density at radius 2 is 1.77 bits per heavy atom. The molecule has 0 aromatic heterocycles. The second-order valence-corrected chi connectivity index (χ2v) is 4.32. The smallest absolute Gasteiger partial charge is 0.0145 e. The fraction of sp³-hybridized carbons (Fsp3) is 0.846. The van der Waals surface area contributed by atoms with E-state index < -0.39 is 0 Å². The molecule has 0 aromatic rings. The standard InChI is InChI=1S/C11H20.C2H6/c1-5-10-7-6-8-11(3,4)9(10)2;1-2/h5-8H2,1-4H3;1-2H3. The van der Waals surface area contributed by atoms with E-state index in [0.717, 1.165) is 0 Å². The molecule has 1 aliphatic rings. The van der Waals surface area contributed by atoms with E-state index in [4.69, 9.17) is 0 Å². The summed E-state index contributed by atoms with van der Waals surface area (Å²) in [5.74, 6) is 0. The van der Waals surface area contributed by atoms with E-state index in [2.05, 4.69) is 27.7 Å². The summed E-state index contributed by atoms with van der Waals surface area (Å²) in [6.07, 6.45) is 5.39. The van der Waals surface area contributed by atoms with Crippen molar-refractivity contribution >= 4 is 0 Å². The van der Waals surface area contributed by atoms with Crippen LogP contribution in [0.15, 0.2) is 11.1 Å². The molecule has 0 N–H and O–H groups in total. The lowest BCUT2D eigenvalue weighted by Crippen LogP contribution is -2.18. The molecule has 78 valence electrons. The van der Waals surface area contributed by atoms with Crippen LogP contribution in [0, 0.1) is 5.41 Å². The highest BCUT2D eigenvalue weighted by Gasteiger charge is 2.25. The average Bonchev–Trinajstić information content (AvgIpc) is 2.13. The van der Waals surface area contributed by atoms with Gasteiger partial charge in [0.05, 0.1) is 0 Å². The van der Waals surface area contributed by atoms with Gasteiger partial charge in [-0.05, 0) is 38.0 Å². The first-order valence-corrected chi connectivity index (χ1v) is 5.77. The van der Waals surface area contributed by atoms with Gasteiger partial charge in [0.15, 0.2) is 0 Å². The average molecular weight is 182 g/mol. The summed E-state index contributed by atoms with van der Waals surface area (Å²) in [7, 11) is 0. The summed E-state index contributed by atoms with van der Waals surface area (Å²) >= 11 is 0. The van der Waals surface area contributed by atoms with Crippen LogP contribution in [-0.4, -0.2) is 0 Å². The van der Waals surface area contributed by atoms with Gasteiger partial charge in [-0.2, -0.15) is 0 Å². The van der Waals surface area contributed by atoms with Gasteiger partial charge in [0.1, 0.15) is 0 Å². The topological polar surface area (TPSA) is 0 Å². The van der Waals surface area contributed by atoms with Crippen molar-refractivity contribution in [2.45, 2.75) is 67.2 Å². The van der Waals surface area contributed by atoms with Crippen LogP contribution in [-0.2, 0) is 0 Å². The van der Waals surface area contributed by atoms with Gasteiger partial charge in [0, 0.05) is 0 Å². The Morgan fingerprint density at radius 1 is 1.23 bits per heavy atom. The third-order valence-electron chi connectivity index (χ3n) is 3.25. The zero-order valence-corrected chi connectivity index (χ0v) is 10.3. The highest BCUT2D eigenvalue weighted by molar-refractivity contribution is 5.21. The number of allylic oxidation sites excluding steroid dienone is 2. The van der Waals surface area contributed by atoms with Gasteiger partial charge in [-0.1, -0.05) is 45.8 Å². The van der Waals surface area contributed by atoms with E-state index in [-0.39, 0.29) is 0 Å². The molecule has 0 heterocycles. The number of hydrogen-bond donors (Lipinski definition) is 0. The third-order valence-corrected chi connectivity index (χ3v) is 3.25. The van der Waals surface area contributed by atoms with Crippen LogP contribution in [0.25, 0.3) is 0 Å². The Labute approximate surface area is 84.4 Å². The van der Waals surface area contributed by atoms with Gasteiger partial charge < -0.3 is 0 Å². The molecule has 0 radical (unpaired) electrons. The summed E-state index contributed by atoms with van der Waals surface area (Å²) in [4.78, 5) is 0. The largest absolute Gasteiger partial charge is 0.0710 e. The molecule has 0 atom stereocenters. The van der Waals surface area contributed by atoms with Crippen molar-refractivity contribution in [2.24, 2.45) is 5.41 Å². The summed E-state index contributed by atoms with van der Waals surface area (Å²) in [6.45, 7) is 13.3. The van der Waals surface area contributed by atoms with Crippen LogP contribution in [0.3, 0.4) is 0 Å². The third kappa shape index (κ3) is 3.17. The van der Waals surface area contributed by atoms with E-state index in [1.165, 1.54) is 25.7 Å². The van der Waals surface area contributed by atoms with Crippen LogP contribution in [0.5, 0.6) is 0 Å². The van der Waals surface area contributed by atoms with Crippen LogP contribution in [0.1, 0.15) is 67.2 Å². The Hall–Kier alpha value is -0.260. The van der Waals surface area contributed by atoms with E-state index in [1.54, 1.807) is 11.1 Å². The molecule has 0 saturated carbocycles. The second-order valence-electron chi connectivity index (χ2n) is 4.32. The maximum atomic E-state index is 2.37. The SMILES string of the molecule is CC.CCC1=C(C)C(C)(C)CCC1. The van der Waals surface area contributed by atoms with Gasteiger partial charge in [-0.3, -0.25) is 0 Å². The summed E-state index contributed by atoms with van der Waals surface area (Å²) < 4.78 is 0. The van der Waals surface area contributed by atoms with Crippen molar-refractivity contribution in [2.75, 3.05) is 0 Å². The lowest BCUT2D eigenvalue weighted by Gasteiger charge is -2.33. The molecule has 0 saturated heterocycles. The molecule has 0 fully saturated rings. The molecular weight excluding hydrogens is 156 g/mol. The Kier molecular flexibility index (Phi) is 5.36. The first-order chi connectivity index (χ1) is 6.08. The Bertz CT molecular complexity index is 172. The van der Waals surface area contributed by atoms with Gasteiger partial charge >= 0.3 is 0 Å². The summed E-state index contributed by atoms with van der Waals surface area (Å²) in [6, 6.07) is 0. The lowest BCUT2D eigenvalue weighted by atomic mass is 9.73. The summed E-state index contributed by atoms with van der Waals surface area (Å²) in [5.41, 5.74) is 3.86. The van der Waals surface area contributed by atoms with Crippen molar-refractivity contribution in [1.29, 1.82) is 0 Å². The molecule has 0 spiro atoms. The summed E-state index contributed by atoms with van der Waals surface area (Å²) in [5, 5.41) is 0. The first kappa shape index (κ1) is 12.7. The first-order valence-electron chi connectivity index (χ1n) is 5.77. The minimum atomic E-state index is 0.490. The van der Waals surface area contributed by atoms with Gasteiger partial charge in [-0.15, -0.1) is 0 Å². The van der Waals surface area contributed by atoms with E-state index in [0.29, 0.717) is 5.41 Å². The fourth-order valence-electron chi connectivity index (χ4n) is 2.04. The molecule has 0 heteroatoms. The monoisotopic (exact) mass is 182 g/mol. The molecule has 0 unspecified atom stereocenters. The highest BCUT2D eigenvalue weighted by atomic mass is 14.3. The molecule has 0 nitrogen and oxygen atoms in total. The molecule has 0 amide bonds. The van der Waals surface area contributed by atoms with E-state index in [9.17, 15) is 0 Å². The fourth-order valence-corrected chi connectivity index (χ4v) is 2.04. The second kappa shape index (κ2) is 5.47. The van der Waals surface area contributed by atoms with Crippen molar-refractivity contribution in [3.63, 3.8) is 0 Å². The molecular formula is C13H26. The molecule has 1 aliphatic carbocycles. The van der Waals surface area contributed by atoms with Crippen molar-refractivity contribution in [3.8, 4) is 0 Å². The molecule has 13 heavy (non-hydrogen) atoms.